The molecule has 1 rings (SSSR count). The molecule has 1 saturated carbocycles. The minimum absolute atomic E-state index is 0. The Kier molecular flexibility index (Phi) is 4.69. The lowest BCUT2D eigenvalue weighted by Gasteiger charge is -2.11. The third kappa shape index (κ3) is 2.46. The van der Waals surface area contributed by atoms with Gasteiger partial charge in [0, 0.05) is 11.8 Å². The number of carbonyl (C=O) groups excluding carboxylic acids is 1. The van der Waals surface area contributed by atoms with Gasteiger partial charge in [-0.15, -0.1) is 0 Å². The van der Waals surface area contributed by atoms with E-state index in [2.05, 4.69) is 5.73 Å². The normalized spacial score (nSPS) is 29.6. The van der Waals surface area contributed by atoms with Gasteiger partial charge in [0.05, 0.1) is 6.54 Å². The molecule has 2 atom stereocenters. The fourth-order valence-corrected chi connectivity index (χ4v) is 1.92. The number of quaternary nitrogens is 1. The summed E-state index contributed by atoms with van der Waals surface area (Å²) in [7, 11) is 0. The molecule has 2 nitrogen and oxygen atoms in total. The van der Waals surface area contributed by atoms with Crippen LogP contribution in [-0.4, -0.2) is 12.3 Å². The van der Waals surface area contributed by atoms with Crippen molar-refractivity contribution in [2.24, 2.45) is 11.8 Å². The predicted octanol–water partition coefficient (Wildman–Crippen LogP) is -2.76. The van der Waals surface area contributed by atoms with Crippen molar-refractivity contribution >= 4 is 5.78 Å². The highest BCUT2D eigenvalue weighted by Crippen LogP contribution is 2.30. The van der Waals surface area contributed by atoms with Crippen LogP contribution in [0, 0.1) is 11.8 Å². The monoisotopic (exact) mass is 177 g/mol. The predicted molar refractivity (Wildman–Crippen MR) is 39.3 cm³/mol. The van der Waals surface area contributed by atoms with Gasteiger partial charge in [0.25, 0.3) is 0 Å². The van der Waals surface area contributed by atoms with Crippen LogP contribution in [0.25, 0.3) is 0 Å². The lowest BCUT2D eigenvalue weighted by atomic mass is 9.93. The fraction of sp³-hybridized carbons (Fsp3) is 0.875. The van der Waals surface area contributed by atoms with Crippen LogP contribution in [0.5, 0.6) is 0 Å². The van der Waals surface area contributed by atoms with E-state index in [-0.39, 0.29) is 12.4 Å². The molecule has 1 aliphatic carbocycles. The second kappa shape index (κ2) is 4.73. The Morgan fingerprint density at radius 2 is 2.18 bits per heavy atom. The lowest BCUT2D eigenvalue weighted by Crippen LogP contribution is -3.00. The quantitative estimate of drug-likeness (QED) is 0.488. The molecule has 0 spiro atoms. The van der Waals surface area contributed by atoms with Crippen LogP contribution < -0.4 is 18.1 Å². The molecule has 0 radical (unpaired) electrons. The maximum absolute atomic E-state index is 11.0. The first-order valence-corrected chi connectivity index (χ1v) is 4.05. The van der Waals surface area contributed by atoms with E-state index in [1.54, 1.807) is 6.92 Å². The van der Waals surface area contributed by atoms with Crippen LogP contribution in [0.1, 0.15) is 26.2 Å². The zero-order valence-electron chi connectivity index (χ0n) is 6.98. The molecule has 0 aromatic carbocycles. The van der Waals surface area contributed by atoms with Gasteiger partial charge in [-0.1, -0.05) is 6.42 Å². The van der Waals surface area contributed by atoms with E-state index in [4.69, 9.17) is 0 Å². The van der Waals surface area contributed by atoms with Gasteiger partial charge in [0.2, 0.25) is 0 Å². The molecule has 0 heterocycles. The molecule has 1 fully saturated rings. The Morgan fingerprint density at radius 1 is 1.55 bits per heavy atom. The molecular weight excluding hydrogens is 162 g/mol. The van der Waals surface area contributed by atoms with Crippen LogP contribution >= 0.6 is 0 Å². The van der Waals surface area contributed by atoms with Crippen LogP contribution in [0.4, 0.5) is 0 Å². The van der Waals surface area contributed by atoms with E-state index in [1.807, 2.05) is 0 Å². The number of hydrogen-bond donors (Lipinski definition) is 1. The molecule has 3 N–H and O–H groups in total. The molecule has 0 bridgehead atoms. The van der Waals surface area contributed by atoms with Crippen LogP contribution in [0.2, 0.25) is 0 Å². The first-order chi connectivity index (χ1) is 4.75. The highest BCUT2D eigenvalue weighted by Gasteiger charge is 2.30. The Labute approximate surface area is 73.9 Å². The number of carbonyl (C=O) groups is 1. The van der Waals surface area contributed by atoms with Gasteiger partial charge < -0.3 is 18.1 Å². The Hall–Kier alpha value is -0.0800. The summed E-state index contributed by atoms with van der Waals surface area (Å²) >= 11 is 0. The summed E-state index contributed by atoms with van der Waals surface area (Å²) in [6.45, 7) is 2.64. The largest absolute Gasteiger partial charge is 1.00 e. The molecular formula is C8H16ClNO. The molecule has 1 aliphatic rings. The van der Waals surface area contributed by atoms with Crippen LogP contribution in [0.15, 0.2) is 0 Å². The lowest BCUT2D eigenvalue weighted by molar-refractivity contribution is -0.380. The van der Waals surface area contributed by atoms with E-state index < -0.39 is 0 Å². The third-order valence-electron chi connectivity index (χ3n) is 2.55. The number of ketones is 1. The van der Waals surface area contributed by atoms with Crippen LogP contribution in [-0.2, 0) is 4.79 Å². The minimum atomic E-state index is 0. The van der Waals surface area contributed by atoms with Crippen molar-refractivity contribution in [3.63, 3.8) is 0 Å². The molecule has 0 aliphatic heterocycles. The summed E-state index contributed by atoms with van der Waals surface area (Å²) in [4.78, 5) is 11.0. The topological polar surface area (TPSA) is 44.7 Å². The van der Waals surface area contributed by atoms with E-state index in [0.29, 0.717) is 17.6 Å². The van der Waals surface area contributed by atoms with Gasteiger partial charge in [0.15, 0.2) is 0 Å². The molecule has 3 heteroatoms. The fourth-order valence-electron chi connectivity index (χ4n) is 1.92. The van der Waals surface area contributed by atoms with Crippen molar-refractivity contribution in [2.75, 3.05) is 6.54 Å². The Morgan fingerprint density at radius 3 is 2.55 bits per heavy atom. The van der Waals surface area contributed by atoms with E-state index in [9.17, 15) is 4.79 Å². The van der Waals surface area contributed by atoms with Gasteiger partial charge in [-0.05, 0) is 19.8 Å². The number of halogens is 1. The van der Waals surface area contributed by atoms with Gasteiger partial charge in [-0.25, -0.2) is 0 Å². The van der Waals surface area contributed by atoms with Gasteiger partial charge >= 0.3 is 0 Å². The summed E-state index contributed by atoms with van der Waals surface area (Å²) in [5.74, 6) is 1.31. The van der Waals surface area contributed by atoms with Crippen molar-refractivity contribution in [3.05, 3.63) is 0 Å². The summed E-state index contributed by atoms with van der Waals surface area (Å²) in [5, 5.41) is 0. The van der Waals surface area contributed by atoms with E-state index >= 15 is 0 Å². The molecule has 66 valence electrons. The average Bonchev–Trinajstić information content (AvgIpc) is 2.33. The molecule has 0 aromatic heterocycles. The zero-order valence-corrected chi connectivity index (χ0v) is 7.73. The van der Waals surface area contributed by atoms with Gasteiger partial charge in [0.1, 0.15) is 5.78 Å². The SMILES string of the molecule is CC(=O)[C@@H]1CCC[C@H]1C[NH3+].[Cl-]. The Bertz CT molecular complexity index is 138. The zero-order chi connectivity index (χ0) is 7.56. The minimum Gasteiger partial charge on any atom is -1.00 e. The standard InChI is InChI=1S/C8H15NO.ClH/c1-6(10)8-4-2-3-7(8)5-9;/h7-8H,2-5,9H2,1H3;1H/t7-,8-;/m0./s1. The summed E-state index contributed by atoms with van der Waals surface area (Å²) in [6.07, 6.45) is 3.55. The van der Waals surface area contributed by atoms with Gasteiger partial charge in [-0.3, -0.25) is 4.79 Å². The highest BCUT2D eigenvalue weighted by molar-refractivity contribution is 5.78. The molecule has 11 heavy (non-hydrogen) atoms. The van der Waals surface area contributed by atoms with Crippen molar-refractivity contribution in [1.82, 2.24) is 0 Å². The number of hydrogen-bond acceptors (Lipinski definition) is 1. The van der Waals surface area contributed by atoms with Crippen molar-refractivity contribution in [3.8, 4) is 0 Å². The summed E-state index contributed by atoms with van der Waals surface area (Å²) < 4.78 is 0. The first kappa shape index (κ1) is 10.9. The average molecular weight is 178 g/mol. The van der Waals surface area contributed by atoms with Crippen LogP contribution in [0.3, 0.4) is 0 Å². The van der Waals surface area contributed by atoms with E-state index in [1.165, 1.54) is 12.8 Å². The van der Waals surface area contributed by atoms with Crippen molar-refractivity contribution < 1.29 is 22.9 Å². The maximum atomic E-state index is 11.0. The third-order valence-corrected chi connectivity index (χ3v) is 2.55. The van der Waals surface area contributed by atoms with Gasteiger partial charge in [-0.2, -0.15) is 0 Å². The highest BCUT2D eigenvalue weighted by atomic mass is 35.5. The molecule has 0 unspecified atom stereocenters. The molecule has 0 saturated heterocycles. The number of rotatable bonds is 2. The molecule has 0 amide bonds. The van der Waals surface area contributed by atoms with E-state index in [0.717, 1.165) is 13.0 Å². The smallest absolute Gasteiger partial charge is 0.133 e. The second-order valence-corrected chi connectivity index (χ2v) is 3.20. The number of Topliss-reactive ketones (excluding diaryl/α,β-unsaturated/α-hetero) is 1. The molecule has 0 aromatic rings. The maximum Gasteiger partial charge on any atom is 0.133 e. The first-order valence-electron chi connectivity index (χ1n) is 4.05. The van der Waals surface area contributed by atoms with Crippen molar-refractivity contribution in [1.29, 1.82) is 0 Å². The Balaban J connectivity index is 0.000001000. The summed E-state index contributed by atoms with van der Waals surface area (Å²) in [6, 6.07) is 0. The second-order valence-electron chi connectivity index (χ2n) is 3.20. The summed E-state index contributed by atoms with van der Waals surface area (Å²) in [5.41, 5.74) is 3.85. The van der Waals surface area contributed by atoms with Crippen molar-refractivity contribution in [2.45, 2.75) is 26.2 Å².